The van der Waals surface area contributed by atoms with E-state index in [0.29, 0.717) is 19.5 Å². The summed E-state index contributed by atoms with van der Waals surface area (Å²) in [7, 11) is 0. The number of benzene rings is 2. The Morgan fingerprint density at radius 2 is 1.90 bits per heavy atom. The van der Waals surface area contributed by atoms with Crippen molar-refractivity contribution in [1.29, 1.82) is 0 Å². The van der Waals surface area contributed by atoms with Gasteiger partial charge in [0.25, 0.3) is 0 Å². The van der Waals surface area contributed by atoms with Gasteiger partial charge in [-0.15, -0.1) is 11.3 Å². The number of halogens is 3. The number of rotatable bonds is 5. The lowest BCUT2D eigenvalue weighted by molar-refractivity contribution is 0.0528. The number of hydrogen-bond acceptors (Lipinski definition) is 4. The maximum atomic E-state index is 14.3. The topological polar surface area (TPSA) is 50.4 Å². The first-order valence-electron chi connectivity index (χ1n) is 8.48. The highest BCUT2D eigenvalue weighted by atomic mass is 79.9. The first kappa shape index (κ1) is 21.9. The molecular formula is C20H15Br2FN2O2S2. The molecule has 3 rings (SSSR count). The summed E-state index contributed by atoms with van der Waals surface area (Å²) in [6.45, 7) is 2.00. The van der Waals surface area contributed by atoms with Crippen LogP contribution < -0.4 is 10.6 Å². The van der Waals surface area contributed by atoms with Crippen LogP contribution in [0, 0.1) is 5.82 Å². The van der Waals surface area contributed by atoms with Gasteiger partial charge in [0.2, 0.25) is 0 Å². The van der Waals surface area contributed by atoms with Crippen LogP contribution in [0.15, 0.2) is 57.5 Å². The van der Waals surface area contributed by atoms with E-state index in [2.05, 4.69) is 42.5 Å². The van der Waals surface area contributed by atoms with Crippen molar-refractivity contribution in [2.75, 3.05) is 17.2 Å². The lowest BCUT2D eigenvalue weighted by atomic mass is 10.1. The average molecular weight is 558 g/mol. The molecule has 1 aromatic heterocycles. The molecule has 0 saturated heterocycles. The molecule has 0 radical (unpaired) electrons. The highest BCUT2D eigenvalue weighted by Crippen LogP contribution is 2.36. The summed E-state index contributed by atoms with van der Waals surface area (Å²) in [6, 6.07) is 14.5. The van der Waals surface area contributed by atoms with Gasteiger partial charge in [-0.1, -0.05) is 46.3 Å². The summed E-state index contributed by atoms with van der Waals surface area (Å²) in [5, 5.41) is 6.50. The lowest BCUT2D eigenvalue weighted by Gasteiger charge is -2.13. The number of ether oxygens (including phenoxy) is 1. The molecule has 1 heterocycles. The van der Waals surface area contributed by atoms with Crippen LogP contribution in [0.25, 0.3) is 10.4 Å². The number of thiophene rings is 1. The highest BCUT2D eigenvalue weighted by Gasteiger charge is 2.20. The molecule has 0 fully saturated rings. The Bertz CT molecular complexity index is 1030. The molecule has 0 saturated carbocycles. The van der Waals surface area contributed by atoms with Gasteiger partial charge in [-0.3, -0.25) is 0 Å². The minimum absolute atomic E-state index is 0.152. The number of carbonyl (C=O) groups is 1. The van der Waals surface area contributed by atoms with Crippen molar-refractivity contribution in [3.8, 4) is 10.4 Å². The quantitative estimate of drug-likeness (QED) is 0.259. The van der Waals surface area contributed by atoms with Crippen LogP contribution >= 0.6 is 55.4 Å². The van der Waals surface area contributed by atoms with Gasteiger partial charge < -0.3 is 15.4 Å². The number of hydrogen-bond donors (Lipinski definition) is 2. The van der Waals surface area contributed by atoms with Gasteiger partial charge in [-0.2, -0.15) is 0 Å². The number of thiocarbonyl (C=S) groups is 1. The van der Waals surface area contributed by atoms with E-state index in [0.717, 1.165) is 10.4 Å². The molecule has 3 aromatic rings. The minimum Gasteiger partial charge on any atom is -0.462 e. The minimum atomic E-state index is -0.475. The van der Waals surface area contributed by atoms with Gasteiger partial charge in [0.1, 0.15) is 10.8 Å². The number of carbonyl (C=O) groups excluding carboxylic acids is 1. The molecule has 0 aliphatic rings. The summed E-state index contributed by atoms with van der Waals surface area (Å²) in [4.78, 5) is 13.3. The molecule has 4 nitrogen and oxygen atoms in total. The van der Waals surface area contributed by atoms with Gasteiger partial charge in [0.15, 0.2) is 5.11 Å². The van der Waals surface area contributed by atoms with Crippen LogP contribution in [0.4, 0.5) is 15.1 Å². The van der Waals surface area contributed by atoms with E-state index in [4.69, 9.17) is 17.0 Å². The van der Waals surface area contributed by atoms with E-state index in [1.165, 1.54) is 17.4 Å². The maximum Gasteiger partial charge on any atom is 0.341 e. The van der Waals surface area contributed by atoms with Gasteiger partial charge in [-0.25, -0.2) is 9.18 Å². The van der Waals surface area contributed by atoms with Crippen molar-refractivity contribution >= 4 is 77.2 Å². The van der Waals surface area contributed by atoms with Crippen molar-refractivity contribution in [2.24, 2.45) is 0 Å². The molecule has 9 heteroatoms. The molecule has 0 atom stereocenters. The maximum absolute atomic E-state index is 14.3. The average Bonchev–Trinajstić information content (AvgIpc) is 3.09. The normalized spacial score (nSPS) is 10.5. The molecule has 150 valence electrons. The van der Waals surface area contributed by atoms with E-state index in [-0.39, 0.29) is 17.4 Å². The Kier molecular flexibility index (Phi) is 7.39. The fourth-order valence-electron chi connectivity index (χ4n) is 2.50. The first-order chi connectivity index (χ1) is 13.9. The Balaban J connectivity index is 1.88. The van der Waals surface area contributed by atoms with Gasteiger partial charge in [-0.05, 0) is 58.8 Å². The Hall–Kier alpha value is -1.81. The molecule has 2 N–H and O–H groups in total. The molecule has 0 amide bonds. The third-order valence-electron chi connectivity index (χ3n) is 3.76. The Labute approximate surface area is 193 Å². The Morgan fingerprint density at radius 1 is 1.17 bits per heavy atom. The Morgan fingerprint density at radius 3 is 2.55 bits per heavy atom. The third kappa shape index (κ3) is 5.42. The van der Waals surface area contributed by atoms with E-state index in [1.807, 2.05) is 30.3 Å². The van der Waals surface area contributed by atoms with E-state index >= 15 is 0 Å². The van der Waals surface area contributed by atoms with E-state index < -0.39 is 11.8 Å². The standard InChI is InChI=1S/C20H15Br2FN2O2S2/c1-2-27-19(26)13-10-16(11-6-4-3-5-7-11)29-18(13)25-20(28)24-17-14(22)8-12(21)9-15(17)23/h3-10H,2H2,1H3,(H2,24,25,28). The van der Waals surface area contributed by atoms with Crippen molar-refractivity contribution in [3.63, 3.8) is 0 Å². The first-order valence-corrected chi connectivity index (χ1v) is 11.3. The van der Waals surface area contributed by atoms with Gasteiger partial charge in [0, 0.05) is 13.8 Å². The zero-order valence-electron chi connectivity index (χ0n) is 15.1. The van der Waals surface area contributed by atoms with E-state index in [9.17, 15) is 9.18 Å². The second-order valence-electron chi connectivity index (χ2n) is 5.76. The highest BCUT2D eigenvalue weighted by molar-refractivity contribution is 9.11. The fraction of sp³-hybridized carbons (Fsp3) is 0.100. The molecule has 0 unspecified atom stereocenters. The van der Waals surface area contributed by atoms with Crippen LogP contribution in [-0.4, -0.2) is 17.7 Å². The third-order valence-corrected chi connectivity index (χ3v) is 6.15. The second kappa shape index (κ2) is 9.80. The fourth-order valence-corrected chi connectivity index (χ4v) is 5.10. The predicted octanol–water partition coefficient (Wildman–Crippen LogP) is 7.06. The molecular weight excluding hydrogens is 543 g/mol. The van der Waals surface area contributed by atoms with Crippen LogP contribution in [0.3, 0.4) is 0 Å². The zero-order valence-corrected chi connectivity index (χ0v) is 19.9. The molecule has 29 heavy (non-hydrogen) atoms. The summed E-state index contributed by atoms with van der Waals surface area (Å²) >= 11 is 13.3. The smallest absolute Gasteiger partial charge is 0.341 e. The second-order valence-corrected chi connectivity index (χ2v) is 8.99. The summed E-state index contributed by atoms with van der Waals surface area (Å²) in [6.07, 6.45) is 0. The molecule has 0 aliphatic heterocycles. The van der Waals surface area contributed by atoms with Crippen molar-refractivity contribution in [1.82, 2.24) is 0 Å². The molecule has 0 aliphatic carbocycles. The van der Waals surface area contributed by atoms with Crippen LogP contribution in [0.5, 0.6) is 0 Å². The van der Waals surface area contributed by atoms with Crippen molar-refractivity contribution in [2.45, 2.75) is 6.92 Å². The van der Waals surface area contributed by atoms with E-state index in [1.54, 1.807) is 19.1 Å². The van der Waals surface area contributed by atoms with Gasteiger partial charge in [0.05, 0.1) is 17.9 Å². The lowest BCUT2D eigenvalue weighted by Crippen LogP contribution is -2.21. The van der Waals surface area contributed by atoms with Gasteiger partial charge >= 0.3 is 5.97 Å². The van der Waals surface area contributed by atoms with Crippen LogP contribution in [-0.2, 0) is 4.74 Å². The number of anilines is 2. The summed E-state index contributed by atoms with van der Waals surface area (Å²) in [5.74, 6) is -0.926. The molecule has 0 spiro atoms. The number of nitrogens with one attached hydrogen (secondary N) is 2. The van der Waals surface area contributed by atoms with Crippen molar-refractivity contribution < 1.29 is 13.9 Å². The molecule has 2 aromatic carbocycles. The summed E-state index contributed by atoms with van der Waals surface area (Å²) < 4.78 is 20.5. The largest absolute Gasteiger partial charge is 0.462 e. The molecule has 0 bridgehead atoms. The SMILES string of the molecule is CCOC(=O)c1cc(-c2ccccc2)sc1NC(=S)Nc1c(F)cc(Br)cc1Br. The zero-order chi connectivity index (χ0) is 21.0. The number of esters is 1. The van der Waals surface area contributed by atoms with Crippen molar-refractivity contribution in [3.05, 3.63) is 68.9 Å². The van der Waals surface area contributed by atoms with Crippen LogP contribution in [0.1, 0.15) is 17.3 Å². The summed E-state index contributed by atoms with van der Waals surface area (Å²) in [5.41, 5.74) is 1.54. The van der Waals surface area contributed by atoms with Crippen LogP contribution in [0.2, 0.25) is 0 Å². The predicted molar refractivity (Wildman–Crippen MR) is 127 cm³/mol. The monoisotopic (exact) mass is 556 g/mol.